The van der Waals surface area contributed by atoms with Crippen molar-refractivity contribution < 1.29 is 13.5 Å². The van der Waals surface area contributed by atoms with Crippen LogP contribution in [-0.2, 0) is 16.4 Å². The third-order valence-corrected chi connectivity index (χ3v) is 5.31. The van der Waals surface area contributed by atoms with Crippen molar-refractivity contribution in [2.45, 2.75) is 38.6 Å². The van der Waals surface area contributed by atoms with Crippen LogP contribution in [0.25, 0.3) is 6.08 Å². The predicted octanol–water partition coefficient (Wildman–Crippen LogP) is 2.05. The highest BCUT2D eigenvalue weighted by Gasteiger charge is 2.23. The van der Waals surface area contributed by atoms with Crippen LogP contribution < -0.4 is 4.72 Å². The lowest BCUT2D eigenvalue weighted by Crippen LogP contribution is -2.36. The Hall–Kier alpha value is -1.17. The minimum atomic E-state index is -3.46. The molecule has 0 aliphatic heterocycles. The van der Waals surface area contributed by atoms with E-state index in [9.17, 15) is 8.42 Å². The smallest absolute Gasteiger partial charge is 0.236 e. The number of rotatable bonds is 6. The van der Waals surface area contributed by atoms with Crippen LogP contribution in [0.15, 0.2) is 29.2 Å². The molecule has 0 saturated carbocycles. The number of benzene rings is 1. The molecule has 0 aromatic heterocycles. The first-order valence-electron chi connectivity index (χ1n) is 6.98. The molecule has 1 unspecified atom stereocenters. The molecule has 0 bridgehead atoms. The SMILES string of the molecule is CCC(CCO)NS(=O)(=O)C1=Cc2ccccc2CC1. The van der Waals surface area contributed by atoms with Gasteiger partial charge in [-0.15, -0.1) is 0 Å². The zero-order valence-electron chi connectivity index (χ0n) is 11.7. The van der Waals surface area contributed by atoms with Gasteiger partial charge in [0.15, 0.2) is 0 Å². The molecule has 1 aliphatic carbocycles. The van der Waals surface area contributed by atoms with Crippen molar-refractivity contribution >= 4 is 16.1 Å². The minimum Gasteiger partial charge on any atom is -0.396 e. The predicted molar refractivity (Wildman–Crippen MR) is 80.6 cm³/mol. The number of sulfonamides is 1. The molecular weight excluding hydrogens is 274 g/mol. The van der Waals surface area contributed by atoms with Crippen molar-refractivity contribution in [3.05, 3.63) is 40.3 Å². The van der Waals surface area contributed by atoms with E-state index in [1.807, 2.05) is 31.2 Å². The van der Waals surface area contributed by atoms with Gasteiger partial charge in [-0.1, -0.05) is 31.2 Å². The van der Waals surface area contributed by atoms with Gasteiger partial charge in [-0.05, 0) is 42.9 Å². The Morgan fingerprint density at radius 1 is 1.30 bits per heavy atom. The van der Waals surface area contributed by atoms with Gasteiger partial charge in [0.05, 0.1) is 4.91 Å². The van der Waals surface area contributed by atoms with E-state index >= 15 is 0 Å². The van der Waals surface area contributed by atoms with E-state index in [0.717, 1.165) is 12.0 Å². The number of nitrogens with one attached hydrogen (secondary N) is 1. The van der Waals surface area contributed by atoms with Gasteiger partial charge < -0.3 is 5.11 Å². The average molecular weight is 295 g/mol. The van der Waals surface area contributed by atoms with Gasteiger partial charge in [-0.2, -0.15) is 0 Å². The zero-order chi connectivity index (χ0) is 14.6. The first-order valence-corrected chi connectivity index (χ1v) is 8.47. The number of hydrogen-bond donors (Lipinski definition) is 2. The van der Waals surface area contributed by atoms with Crippen molar-refractivity contribution in [1.82, 2.24) is 4.72 Å². The van der Waals surface area contributed by atoms with Gasteiger partial charge >= 0.3 is 0 Å². The van der Waals surface area contributed by atoms with E-state index in [2.05, 4.69) is 4.72 Å². The van der Waals surface area contributed by atoms with E-state index in [-0.39, 0.29) is 12.6 Å². The molecule has 0 radical (unpaired) electrons. The van der Waals surface area contributed by atoms with E-state index < -0.39 is 10.0 Å². The summed E-state index contributed by atoms with van der Waals surface area (Å²) in [6.07, 6.45) is 4.15. The lowest BCUT2D eigenvalue weighted by molar-refractivity contribution is 0.270. The largest absolute Gasteiger partial charge is 0.396 e. The van der Waals surface area contributed by atoms with Crippen molar-refractivity contribution in [1.29, 1.82) is 0 Å². The Labute approximate surface area is 120 Å². The van der Waals surface area contributed by atoms with Gasteiger partial charge in [0.1, 0.15) is 0 Å². The van der Waals surface area contributed by atoms with E-state index in [1.165, 1.54) is 5.56 Å². The molecule has 110 valence electrons. The summed E-state index contributed by atoms with van der Waals surface area (Å²) in [5, 5.41) is 8.96. The summed E-state index contributed by atoms with van der Waals surface area (Å²) in [5.41, 5.74) is 2.17. The van der Waals surface area contributed by atoms with E-state index in [0.29, 0.717) is 24.2 Å². The maximum absolute atomic E-state index is 12.4. The summed E-state index contributed by atoms with van der Waals surface area (Å²) < 4.78 is 27.4. The molecule has 0 amide bonds. The summed E-state index contributed by atoms with van der Waals surface area (Å²) in [5.74, 6) is 0. The third-order valence-electron chi connectivity index (χ3n) is 3.65. The van der Waals surface area contributed by atoms with Gasteiger partial charge in [-0.25, -0.2) is 13.1 Å². The van der Waals surface area contributed by atoms with E-state index in [1.54, 1.807) is 6.08 Å². The normalized spacial score (nSPS) is 16.4. The second-order valence-electron chi connectivity index (χ2n) is 5.05. The van der Waals surface area contributed by atoms with Crippen molar-refractivity contribution in [2.24, 2.45) is 0 Å². The molecule has 2 N–H and O–H groups in total. The van der Waals surface area contributed by atoms with E-state index in [4.69, 9.17) is 5.11 Å². The molecule has 1 aromatic carbocycles. The lowest BCUT2D eigenvalue weighted by atomic mass is 9.98. The lowest BCUT2D eigenvalue weighted by Gasteiger charge is -2.20. The van der Waals surface area contributed by atoms with Crippen molar-refractivity contribution in [3.8, 4) is 0 Å². The van der Waals surface area contributed by atoms with Crippen LogP contribution in [0.3, 0.4) is 0 Å². The highest BCUT2D eigenvalue weighted by atomic mass is 32.2. The number of hydrogen-bond acceptors (Lipinski definition) is 3. The van der Waals surface area contributed by atoms with Crippen LogP contribution in [0.1, 0.15) is 37.3 Å². The molecule has 1 atom stereocenters. The van der Waals surface area contributed by atoms with Gasteiger partial charge in [0.25, 0.3) is 0 Å². The van der Waals surface area contributed by atoms with Crippen LogP contribution in [-0.4, -0.2) is 26.2 Å². The summed E-state index contributed by atoms with van der Waals surface area (Å²) in [7, 11) is -3.46. The van der Waals surface area contributed by atoms with Crippen molar-refractivity contribution in [2.75, 3.05) is 6.61 Å². The molecule has 0 saturated heterocycles. The highest BCUT2D eigenvalue weighted by molar-refractivity contribution is 7.93. The highest BCUT2D eigenvalue weighted by Crippen LogP contribution is 2.26. The second kappa shape index (κ2) is 6.52. The summed E-state index contributed by atoms with van der Waals surface area (Å²) in [6.45, 7) is 1.90. The quantitative estimate of drug-likeness (QED) is 0.844. The first-order chi connectivity index (χ1) is 9.56. The fourth-order valence-corrected chi connectivity index (χ4v) is 3.94. The molecule has 0 spiro atoms. The molecular formula is C15H21NO3S. The molecule has 1 aliphatic rings. The summed E-state index contributed by atoms with van der Waals surface area (Å²) in [4.78, 5) is 0.438. The monoisotopic (exact) mass is 295 g/mol. The topological polar surface area (TPSA) is 66.4 Å². The first kappa shape index (κ1) is 15.2. The number of aliphatic hydroxyl groups excluding tert-OH is 1. The van der Waals surface area contributed by atoms with Gasteiger partial charge in [0.2, 0.25) is 10.0 Å². The molecule has 5 heteroatoms. The molecule has 20 heavy (non-hydrogen) atoms. The number of allylic oxidation sites excluding steroid dienone is 1. The maximum atomic E-state index is 12.4. The molecule has 0 heterocycles. The van der Waals surface area contributed by atoms with Crippen LogP contribution >= 0.6 is 0 Å². The Bertz CT molecular complexity index is 593. The van der Waals surface area contributed by atoms with Crippen LogP contribution in [0.2, 0.25) is 0 Å². The van der Waals surface area contributed by atoms with Crippen LogP contribution in [0.4, 0.5) is 0 Å². The zero-order valence-corrected chi connectivity index (χ0v) is 12.5. The fraction of sp³-hybridized carbons (Fsp3) is 0.467. The third kappa shape index (κ3) is 3.48. The average Bonchev–Trinajstić information content (AvgIpc) is 2.46. The number of aliphatic hydroxyl groups is 1. The maximum Gasteiger partial charge on any atom is 0.236 e. The number of fused-ring (bicyclic) bond motifs is 1. The fourth-order valence-electron chi connectivity index (χ4n) is 2.42. The van der Waals surface area contributed by atoms with Crippen molar-refractivity contribution in [3.63, 3.8) is 0 Å². The molecule has 4 nitrogen and oxygen atoms in total. The molecule has 1 aromatic rings. The summed E-state index contributed by atoms with van der Waals surface area (Å²) >= 11 is 0. The Balaban J connectivity index is 2.21. The number of aryl methyl sites for hydroxylation is 1. The standard InChI is InChI=1S/C15H21NO3S/c1-2-14(9-10-17)16-20(18,19)15-8-7-12-5-3-4-6-13(12)11-15/h3-6,11,14,16-17H,2,7-10H2,1H3. The Kier molecular flexibility index (Phi) is 4.96. The van der Waals surface area contributed by atoms with Gasteiger partial charge in [-0.3, -0.25) is 0 Å². The van der Waals surface area contributed by atoms with Gasteiger partial charge in [0, 0.05) is 12.6 Å². The second-order valence-corrected chi connectivity index (χ2v) is 6.82. The Morgan fingerprint density at radius 3 is 2.75 bits per heavy atom. The molecule has 2 rings (SSSR count). The minimum absolute atomic E-state index is 0.0110. The molecule has 0 fully saturated rings. The van der Waals surface area contributed by atoms with Crippen LogP contribution in [0.5, 0.6) is 0 Å². The summed E-state index contributed by atoms with van der Waals surface area (Å²) in [6, 6.07) is 7.65. The Morgan fingerprint density at radius 2 is 2.05 bits per heavy atom. The van der Waals surface area contributed by atoms with Crippen LogP contribution in [0, 0.1) is 0 Å².